The van der Waals surface area contributed by atoms with Crippen LogP contribution in [0.25, 0.3) is 54.4 Å². The Kier molecular flexibility index (Phi) is 14.2. The number of aliphatic hydroxyl groups excluding tert-OH is 1. The van der Waals surface area contributed by atoms with Crippen LogP contribution in [0.4, 0.5) is 0 Å². The molecule has 0 spiro atoms. The predicted molar refractivity (Wildman–Crippen MR) is 232 cm³/mol. The zero-order valence-corrected chi connectivity index (χ0v) is 38.2. The fourth-order valence-corrected chi connectivity index (χ4v) is 8.42. The molecule has 0 aliphatic rings. The molecule has 3 aromatic heterocycles. The van der Waals surface area contributed by atoms with E-state index in [1.165, 1.54) is 37.6 Å². The number of aromatic nitrogens is 1. The van der Waals surface area contributed by atoms with Crippen LogP contribution in [0.3, 0.4) is 0 Å². The molecule has 6 aromatic rings. The third-order valence-corrected chi connectivity index (χ3v) is 13.1. The molecule has 3 heterocycles. The molecule has 6 heteroatoms. The quantitative estimate of drug-likeness (QED) is 0.0799. The van der Waals surface area contributed by atoms with Gasteiger partial charge in [0, 0.05) is 69.4 Å². The normalized spacial score (nSPS) is 12.6. The molecule has 295 valence electrons. The van der Waals surface area contributed by atoms with E-state index in [2.05, 4.69) is 102 Å². The summed E-state index contributed by atoms with van der Waals surface area (Å²) in [7, 11) is 0. The average Bonchev–Trinajstić information content (AvgIpc) is 3.73. The van der Waals surface area contributed by atoms with Gasteiger partial charge in [0.25, 0.3) is 0 Å². The van der Waals surface area contributed by atoms with E-state index in [-0.39, 0.29) is 47.9 Å². The van der Waals surface area contributed by atoms with E-state index in [1.807, 2.05) is 65.1 Å². The smallest absolute Gasteiger partial charge is 0.164 e. The van der Waals surface area contributed by atoms with Gasteiger partial charge in [-0.25, -0.2) is 0 Å². The number of rotatable bonds is 11. The zero-order chi connectivity index (χ0) is 39.6. The van der Waals surface area contributed by atoms with Gasteiger partial charge >= 0.3 is 0 Å². The molecular formula is C49H60IrNO3S-. The Morgan fingerprint density at radius 3 is 2.16 bits per heavy atom. The number of fused-ring (bicyclic) bond motifs is 3. The summed E-state index contributed by atoms with van der Waals surface area (Å²) in [6.07, 6.45) is 7.75. The van der Waals surface area contributed by atoms with Crippen molar-refractivity contribution >= 4 is 48.9 Å². The first-order valence-corrected chi connectivity index (χ1v) is 20.6. The Labute approximate surface area is 347 Å². The summed E-state index contributed by atoms with van der Waals surface area (Å²) in [4.78, 5) is 18.4. The van der Waals surface area contributed by atoms with Crippen LogP contribution in [-0.4, -0.2) is 15.9 Å². The van der Waals surface area contributed by atoms with Gasteiger partial charge in [-0.05, 0) is 79.5 Å². The van der Waals surface area contributed by atoms with Crippen molar-refractivity contribution in [2.24, 2.45) is 16.7 Å². The number of furan rings is 1. The molecule has 0 saturated carbocycles. The average molecular weight is 935 g/mol. The maximum absolute atomic E-state index is 12.2. The van der Waals surface area contributed by atoms with Crippen molar-refractivity contribution in [1.82, 2.24) is 4.98 Å². The van der Waals surface area contributed by atoms with Crippen molar-refractivity contribution in [3.63, 3.8) is 0 Å². The van der Waals surface area contributed by atoms with E-state index in [1.54, 1.807) is 0 Å². The summed E-state index contributed by atoms with van der Waals surface area (Å²) in [5.74, 6) is 1.81. The van der Waals surface area contributed by atoms with Crippen molar-refractivity contribution in [2.45, 2.75) is 121 Å². The predicted octanol–water partition coefficient (Wildman–Crippen LogP) is 14.8. The Balaban J connectivity index is 0.000000320. The molecule has 55 heavy (non-hydrogen) atoms. The second-order valence-corrected chi connectivity index (χ2v) is 18.1. The standard InChI is InChI=1S/C34H32NOS.C15H28O2.Ir/c1-20(2)15-30-21(3)26-12-11-23(19-31(26)37-30)29-18-24-13-14-35-32(33(24)36-29)25-16-22-9-7-8-10-27(22)28(17-25)34(4,5)6;1-7-14(5,8-2)12(16)11-13(17)15(6,9-3)10-4;/h7-14,17-20H,15H2,1-6H3;11,16H,7-10H2,1-6H3;/q-1;;/b;12-11-;. The fourth-order valence-electron chi connectivity index (χ4n) is 6.96. The van der Waals surface area contributed by atoms with Crippen molar-refractivity contribution < 1.29 is 34.4 Å². The van der Waals surface area contributed by atoms with Crippen LogP contribution < -0.4 is 0 Å². The minimum Gasteiger partial charge on any atom is -0.512 e. The van der Waals surface area contributed by atoms with Gasteiger partial charge < -0.3 is 9.52 Å². The Morgan fingerprint density at radius 2 is 1.55 bits per heavy atom. The maximum Gasteiger partial charge on any atom is 0.164 e. The molecule has 0 fully saturated rings. The Hall–Kier alpha value is -3.57. The van der Waals surface area contributed by atoms with Gasteiger partial charge in [0.15, 0.2) is 5.78 Å². The van der Waals surface area contributed by atoms with Crippen LogP contribution in [0.5, 0.6) is 0 Å². The van der Waals surface area contributed by atoms with E-state index in [4.69, 9.17) is 9.40 Å². The van der Waals surface area contributed by atoms with Gasteiger partial charge in [-0.2, -0.15) is 0 Å². The number of ketones is 1. The van der Waals surface area contributed by atoms with Crippen molar-refractivity contribution in [3.05, 3.63) is 101 Å². The van der Waals surface area contributed by atoms with E-state index >= 15 is 0 Å². The molecule has 4 nitrogen and oxygen atoms in total. The van der Waals surface area contributed by atoms with Crippen LogP contribution in [0.2, 0.25) is 0 Å². The summed E-state index contributed by atoms with van der Waals surface area (Å²) in [6, 6.07) is 25.2. The Morgan fingerprint density at radius 1 is 0.891 bits per heavy atom. The number of hydrogen-bond donors (Lipinski definition) is 1. The summed E-state index contributed by atoms with van der Waals surface area (Å²) in [6.45, 7) is 25.7. The number of allylic oxidation sites excluding steroid dienone is 2. The molecule has 6 rings (SSSR count). The number of aliphatic hydroxyl groups is 1. The third kappa shape index (κ3) is 9.36. The molecule has 0 aliphatic carbocycles. The number of nitrogens with zero attached hydrogens (tertiary/aromatic N) is 1. The first kappa shape index (κ1) is 44.1. The molecule has 1 radical (unpaired) electrons. The zero-order valence-electron chi connectivity index (χ0n) is 35.0. The third-order valence-electron chi connectivity index (χ3n) is 11.8. The fraction of sp³-hybridized carbons (Fsp3) is 0.429. The van der Waals surface area contributed by atoms with E-state index in [9.17, 15) is 9.90 Å². The van der Waals surface area contributed by atoms with Gasteiger partial charge in [-0.1, -0.05) is 117 Å². The van der Waals surface area contributed by atoms with Crippen LogP contribution in [-0.2, 0) is 36.7 Å². The van der Waals surface area contributed by atoms with Crippen molar-refractivity contribution in [1.29, 1.82) is 0 Å². The van der Waals surface area contributed by atoms with Crippen molar-refractivity contribution in [3.8, 4) is 22.6 Å². The second kappa shape index (κ2) is 17.7. The van der Waals surface area contributed by atoms with Crippen LogP contribution in [0, 0.1) is 29.7 Å². The number of aryl methyl sites for hydroxylation is 1. The molecule has 3 aromatic carbocycles. The molecule has 1 N–H and O–H groups in total. The van der Waals surface area contributed by atoms with Crippen LogP contribution in [0.1, 0.15) is 118 Å². The minimum atomic E-state index is -0.337. The van der Waals surface area contributed by atoms with E-state index in [0.717, 1.165) is 71.0 Å². The number of carbonyl (C=O) groups is 1. The first-order valence-electron chi connectivity index (χ1n) is 19.8. The molecule has 0 amide bonds. The molecule has 0 unspecified atom stereocenters. The summed E-state index contributed by atoms with van der Waals surface area (Å²) in [5.41, 5.74) is 5.82. The van der Waals surface area contributed by atoms with E-state index < -0.39 is 0 Å². The largest absolute Gasteiger partial charge is 0.512 e. The minimum absolute atomic E-state index is 0. The monoisotopic (exact) mass is 935 g/mol. The van der Waals surface area contributed by atoms with Crippen LogP contribution >= 0.6 is 11.3 Å². The molecular weight excluding hydrogens is 875 g/mol. The summed E-state index contributed by atoms with van der Waals surface area (Å²) < 4.78 is 7.87. The maximum atomic E-state index is 12.2. The molecule has 0 aliphatic heterocycles. The molecule has 0 saturated heterocycles. The second-order valence-electron chi connectivity index (χ2n) is 17.0. The van der Waals surface area contributed by atoms with Gasteiger partial charge in [0.2, 0.25) is 0 Å². The molecule has 0 atom stereocenters. The molecule has 0 bridgehead atoms. The topological polar surface area (TPSA) is 63.3 Å². The summed E-state index contributed by atoms with van der Waals surface area (Å²) in [5, 5.41) is 14.9. The Bertz CT molecular complexity index is 2290. The van der Waals surface area contributed by atoms with Gasteiger partial charge in [-0.3, -0.25) is 9.78 Å². The number of thiophene rings is 1. The SMILES string of the molecule is CCC(C)(CC)C(=O)/C=C(\O)C(C)(CC)CC.Cc1c(CC(C)C)sc2cc(-c3cc4ccnc(-c5[c-]c6ccccc6c(C(C)(C)C)c5)c4o3)ccc12.[Ir]. The van der Waals surface area contributed by atoms with E-state index in [0.29, 0.717) is 5.92 Å². The summed E-state index contributed by atoms with van der Waals surface area (Å²) >= 11 is 1.91. The van der Waals surface area contributed by atoms with Crippen LogP contribution in [0.15, 0.2) is 83.1 Å². The number of benzene rings is 3. The van der Waals surface area contributed by atoms with Gasteiger partial charge in [0.05, 0.1) is 0 Å². The van der Waals surface area contributed by atoms with Crippen molar-refractivity contribution in [2.75, 3.05) is 0 Å². The number of pyridine rings is 1. The van der Waals surface area contributed by atoms with Gasteiger partial charge in [-0.15, -0.1) is 40.5 Å². The number of hydrogen-bond acceptors (Lipinski definition) is 5. The van der Waals surface area contributed by atoms with Gasteiger partial charge in [0.1, 0.15) is 17.1 Å². The first-order chi connectivity index (χ1) is 25.5. The number of carbonyl (C=O) groups excluding carboxylic acids is 1.